The van der Waals surface area contributed by atoms with E-state index in [0.29, 0.717) is 23.5 Å². The molecule has 45 heavy (non-hydrogen) atoms. The van der Waals surface area contributed by atoms with Gasteiger partial charge in [0, 0.05) is 38.2 Å². The molecule has 2 atom stereocenters. The van der Waals surface area contributed by atoms with Crippen LogP contribution < -0.4 is 0 Å². The van der Waals surface area contributed by atoms with Gasteiger partial charge in [-0.1, -0.05) is 140 Å². The fourth-order valence-corrected chi connectivity index (χ4v) is 6.98. The Labute approximate surface area is 260 Å². The van der Waals surface area contributed by atoms with E-state index in [2.05, 4.69) is 125 Å². The lowest BCUT2D eigenvalue weighted by Gasteiger charge is -2.25. The van der Waals surface area contributed by atoms with E-state index in [0.717, 1.165) is 22.2 Å². The number of rotatable bonds is 4. The van der Waals surface area contributed by atoms with Gasteiger partial charge in [-0.2, -0.15) is 9.97 Å². The van der Waals surface area contributed by atoms with Gasteiger partial charge in [0.2, 0.25) is 5.95 Å². The van der Waals surface area contributed by atoms with Crippen molar-refractivity contribution in [1.29, 1.82) is 0 Å². The standard InChI is InChI=1S/C40H29N5/c1-26-14-8-11-21-33(26)44-34-22-12-9-19-29(34)31-24-25-32-30-20-10-13-23-35(30)45(37(32)36(31)44)40-42-38(27-15-4-2-5-16-27)41-39(43-40)28-17-6-3-7-18-28/h2-26,33H,1H3. The zero-order valence-electron chi connectivity index (χ0n) is 24.7. The average Bonchev–Trinajstić information content (AvgIpc) is 3.62. The summed E-state index contributed by atoms with van der Waals surface area (Å²) < 4.78 is 4.79. The van der Waals surface area contributed by atoms with E-state index in [9.17, 15) is 0 Å². The average molecular weight is 580 g/mol. The van der Waals surface area contributed by atoms with Crippen molar-refractivity contribution in [2.75, 3.05) is 0 Å². The molecule has 0 N–H and O–H groups in total. The van der Waals surface area contributed by atoms with Crippen LogP contribution in [0.2, 0.25) is 0 Å². The van der Waals surface area contributed by atoms with Crippen LogP contribution in [-0.2, 0) is 0 Å². The van der Waals surface area contributed by atoms with E-state index < -0.39 is 0 Å². The lowest BCUT2D eigenvalue weighted by Crippen LogP contribution is -2.15. The van der Waals surface area contributed by atoms with Crippen molar-refractivity contribution in [2.45, 2.75) is 13.0 Å². The first-order valence-electron chi connectivity index (χ1n) is 15.4. The molecule has 5 heteroatoms. The fourth-order valence-electron chi connectivity index (χ4n) is 6.98. The van der Waals surface area contributed by atoms with Gasteiger partial charge in [-0.15, -0.1) is 0 Å². The second-order valence-corrected chi connectivity index (χ2v) is 11.7. The van der Waals surface area contributed by atoms with Gasteiger partial charge in [-0.05, 0) is 18.1 Å². The van der Waals surface area contributed by atoms with Crippen LogP contribution in [0.25, 0.3) is 72.3 Å². The van der Waals surface area contributed by atoms with E-state index >= 15 is 0 Å². The molecule has 0 fully saturated rings. The third-order valence-electron chi connectivity index (χ3n) is 9.06. The minimum Gasteiger partial charge on any atom is -0.331 e. The molecule has 0 saturated heterocycles. The molecule has 1 aliphatic carbocycles. The van der Waals surface area contributed by atoms with Crippen LogP contribution in [0.5, 0.6) is 0 Å². The number of hydrogen-bond donors (Lipinski definition) is 0. The third kappa shape index (κ3) is 3.97. The Kier molecular flexibility index (Phi) is 5.78. The Bertz CT molecular complexity index is 2390. The Morgan fingerprint density at radius 1 is 0.489 bits per heavy atom. The van der Waals surface area contributed by atoms with Crippen LogP contribution >= 0.6 is 0 Å². The number of benzene rings is 5. The molecule has 9 rings (SSSR count). The maximum absolute atomic E-state index is 5.20. The molecule has 0 radical (unpaired) electrons. The Hall–Kier alpha value is -5.81. The van der Waals surface area contributed by atoms with Crippen molar-refractivity contribution >= 4 is 43.6 Å². The van der Waals surface area contributed by atoms with Gasteiger partial charge < -0.3 is 4.57 Å². The van der Waals surface area contributed by atoms with Gasteiger partial charge in [0.15, 0.2) is 11.6 Å². The number of fused-ring (bicyclic) bond motifs is 7. The Balaban J connectivity index is 1.46. The highest BCUT2D eigenvalue weighted by Gasteiger charge is 2.26. The smallest absolute Gasteiger partial charge is 0.238 e. The second-order valence-electron chi connectivity index (χ2n) is 11.7. The van der Waals surface area contributed by atoms with Crippen LogP contribution in [-0.4, -0.2) is 24.1 Å². The number of nitrogens with zero attached hydrogens (tertiary/aromatic N) is 5. The molecule has 0 spiro atoms. The van der Waals surface area contributed by atoms with Crippen molar-refractivity contribution in [2.24, 2.45) is 5.92 Å². The van der Waals surface area contributed by atoms with E-state index in [1.807, 2.05) is 36.4 Å². The minimum absolute atomic E-state index is 0.160. The molecule has 5 aromatic carbocycles. The SMILES string of the molecule is CC1C=CC=CC1n1c2ccccc2c2ccc3c4ccccc4n(-c4nc(-c5ccccc5)nc(-c5ccccc5)n4)c3c21. The second kappa shape index (κ2) is 10.1. The summed E-state index contributed by atoms with van der Waals surface area (Å²) in [6, 6.07) is 42.4. The summed E-state index contributed by atoms with van der Waals surface area (Å²) in [7, 11) is 0. The highest BCUT2D eigenvalue weighted by atomic mass is 15.2. The molecule has 0 aliphatic heterocycles. The number of hydrogen-bond acceptors (Lipinski definition) is 3. The monoisotopic (exact) mass is 579 g/mol. The molecule has 214 valence electrons. The number of allylic oxidation sites excluding steroid dienone is 4. The highest BCUT2D eigenvalue weighted by Crippen LogP contribution is 2.43. The maximum atomic E-state index is 5.20. The third-order valence-corrected chi connectivity index (χ3v) is 9.06. The number of aromatic nitrogens is 5. The van der Waals surface area contributed by atoms with Crippen LogP contribution in [0.15, 0.2) is 146 Å². The Morgan fingerprint density at radius 2 is 1.02 bits per heavy atom. The van der Waals surface area contributed by atoms with Gasteiger partial charge in [0.1, 0.15) is 0 Å². The predicted molar refractivity (Wildman–Crippen MR) is 185 cm³/mol. The first-order valence-corrected chi connectivity index (χ1v) is 15.4. The number of para-hydroxylation sites is 2. The minimum atomic E-state index is 0.160. The van der Waals surface area contributed by atoms with Gasteiger partial charge in [0.25, 0.3) is 0 Å². The summed E-state index contributed by atoms with van der Waals surface area (Å²) in [4.78, 5) is 15.4. The molecule has 0 bridgehead atoms. The lowest BCUT2D eigenvalue weighted by molar-refractivity contribution is 0.510. The molecular formula is C40H29N5. The lowest BCUT2D eigenvalue weighted by atomic mass is 9.96. The van der Waals surface area contributed by atoms with Crippen molar-refractivity contribution < 1.29 is 0 Å². The quantitative estimate of drug-likeness (QED) is 0.209. The van der Waals surface area contributed by atoms with Crippen LogP contribution in [0, 0.1) is 5.92 Å². The zero-order valence-corrected chi connectivity index (χ0v) is 24.7. The maximum Gasteiger partial charge on any atom is 0.238 e. The summed E-state index contributed by atoms with van der Waals surface area (Å²) in [5.74, 6) is 2.22. The fraction of sp³-hybridized carbons (Fsp3) is 0.0750. The summed E-state index contributed by atoms with van der Waals surface area (Å²) >= 11 is 0. The molecule has 3 heterocycles. The van der Waals surface area contributed by atoms with Crippen molar-refractivity contribution in [3.05, 3.63) is 146 Å². The summed E-state index contributed by atoms with van der Waals surface area (Å²) in [5, 5.41) is 4.80. The van der Waals surface area contributed by atoms with Crippen LogP contribution in [0.4, 0.5) is 0 Å². The molecule has 5 nitrogen and oxygen atoms in total. The summed E-state index contributed by atoms with van der Waals surface area (Å²) in [6.07, 6.45) is 8.95. The highest BCUT2D eigenvalue weighted by molar-refractivity contribution is 6.23. The van der Waals surface area contributed by atoms with E-state index in [1.165, 1.54) is 32.6 Å². The molecule has 3 aromatic heterocycles. The summed E-state index contributed by atoms with van der Waals surface area (Å²) in [6.45, 7) is 2.30. The zero-order chi connectivity index (χ0) is 29.9. The van der Waals surface area contributed by atoms with Gasteiger partial charge in [-0.3, -0.25) is 4.57 Å². The van der Waals surface area contributed by atoms with Gasteiger partial charge in [0.05, 0.1) is 22.6 Å². The van der Waals surface area contributed by atoms with Crippen molar-refractivity contribution in [1.82, 2.24) is 24.1 Å². The van der Waals surface area contributed by atoms with Gasteiger partial charge >= 0.3 is 0 Å². The molecular weight excluding hydrogens is 550 g/mol. The molecule has 1 aliphatic rings. The van der Waals surface area contributed by atoms with Crippen molar-refractivity contribution in [3.63, 3.8) is 0 Å². The molecule has 2 unspecified atom stereocenters. The molecule has 0 amide bonds. The van der Waals surface area contributed by atoms with Crippen LogP contribution in [0.3, 0.4) is 0 Å². The Morgan fingerprint density at radius 3 is 1.67 bits per heavy atom. The van der Waals surface area contributed by atoms with Gasteiger partial charge in [-0.25, -0.2) is 4.98 Å². The summed E-state index contributed by atoms with van der Waals surface area (Å²) in [5.41, 5.74) is 6.47. The van der Waals surface area contributed by atoms with E-state index in [1.54, 1.807) is 0 Å². The first kappa shape index (κ1) is 25.7. The largest absolute Gasteiger partial charge is 0.331 e. The van der Waals surface area contributed by atoms with E-state index in [-0.39, 0.29) is 6.04 Å². The first-order chi connectivity index (χ1) is 22.3. The molecule has 8 aromatic rings. The molecule has 0 saturated carbocycles. The topological polar surface area (TPSA) is 48.5 Å². The van der Waals surface area contributed by atoms with Crippen molar-refractivity contribution in [3.8, 4) is 28.7 Å². The predicted octanol–water partition coefficient (Wildman–Crippen LogP) is 9.71. The van der Waals surface area contributed by atoms with E-state index in [4.69, 9.17) is 15.0 Å². The van der Waals surface area contributed by atoms with Crippen LogP contribution in [0.1, 0.15) is 13.0 Å². The normalized spacial score (nSPS) is 16.4.